The molecule has 0 spiro atoms. The fraction of sp³-hybridized carbons (Fsp3) is 0.556. The Kier molecular flexibility index (Phi) is 3.92. The lowest BCUT2D eigenvalue weighted by molar-refractivity contribution is -0.122. The first-order chi connectivity index (χ1) is 11.6. The number of fused-ring (bicyclic) bond motifs is 1. The van der Waals surface area contributed by atoms with Crippen LogP contribution < -0.4 is 5.32 Å². The number of carbonyl (C=O) groups is 1. The topological polar surface area (TPSA) is 63.3 Å². The zero-order valence-electron chi connectivity index (χ0n) is 14.3. The van der Waals surface area contributed by atoms with Crippen LogP contribution in [0.1, 0.15) is 48.8 Å². The molecule has 0 radical (unpaired) electrons. The van der Waals surface area contributed by atoms with Gasteiger partial charge >= 0.3 is 0 Å². The Balaban J connectivity index is 1.43. The molecule has 24 heavy (non-hydrogen) atoms. The van der Waals surface area contributed by atoms with Crippen molar-refractivity contribution in [3.63, 3.8) is 0 Å². The molecule has 128 valence electrons. The Morgan fingerprint density at radius 3 is 2.92 bits per heavy atom. The minimum Gasteiger partial charge on any atom is -0.465 e. The minimum absolute atomic E-state index is 0.184. The van der Waals surface area contributed by atoms with E-state index in [9.17, 15) is 4.79 Å². The molecule has 2 aromatic rings. The first-order valence-electron chi connectivity index (χ1n) is 8.73. The summed E-state index contributed by atoms with van der Waals surface area (Å²) in [6, 6.07) is 4.28. The van der Waals surface area contributed by atoms with Gasteiger partial charge in [-0.3, -0.25) is 9.69 Å². The van der Waals surface area contributed by atoms with Crippen LogP contribution in [0.2, 0.25) is 0 Å². The summed E-state index contributed by atoms with van der Waals surface area (Å²) in [6.07, 6.45) is 3.97. The first-order valence-corrected chi connectivity index (χ1v) is 8.73. The van der Waals surface area contributed by atoms with Gasteiger partial charge in [-0.25, -0.2) is 4.98 Å². The van der Waals surface area contributed by atoms with Gasteiger partial charge in [0.25, 0.3) is 0 Å². The molecule has 1 N–H and O–H groups in total. The van der Waals surface area contributed by atoms with Crippen LogP contribution in [0.3, 0.4) is 0 Å². The molecule has 2 aliphatic rings. The highest BCUT2D eigenvalue weighted by molar-refractivity contribution is 5.80. The van der Waals surface area contributed by atoms with E-state index in [1.807, 2.05) is 25.3 Å². The van der Waals surface area contributed by atoms with Crippen LogP contribution in [0.25, 0.3) is 0 Å². The van der Waals surface area contributed by atoms with E-state index in [0.717, 1.165) is 55.5 Å². The van der Waals surface area contributed by atoms with E-state index < -0.39 is 0 Å². The van der Waals surface area contributed by atoms with Gasteiger partial charge in [-0.15, -0.1) is 0 Å². The molecule has 6 heteroatoms. The lowest BCUT2D eigenvalue weighted by Gasteiger charge is -2.33. The van der Waals surface area contributed by atoms with E-state index >= 15 is 0 Å². The standard InChI is InChI=1S/C18H24N4O2/c1-12-3-6-16(24-12)11-21-7-8-22-15(9-19-17(22)13(21)2)10-20-18(23)14-4-5-14/h3,6,9,13-14H,4-5,7-8,10-11H2,1-2H3,(H,20,23)/t13-/m1/s1. The molecule has 4 rings (SSSR count). The zero-order chi connectivity index (χ0) is 16.7. The number of aromatic nitrogens is 2. The highest BCUT2D eigenvalue weighted by Gasteiger charge is 2.30. The van der Waals surface area contributed by atoms with Crippen LogP contribution in [0.5, 0.6) is 0 Å². The summed E-state index contributed by atoms with van der Waals surface area (Å²) >= 11 is 0. The van der Waals surface area contributed by atoms with Crippen LogP contribution in [-0.4, -0.2) is 26.9 Å². The summed E-state index contributed by atoms with van der Waals surface area (Å²) in [4.78, 5) is 18.8. The van der Waals surface area contributed by atoms with Gasteiger partial charge < -0.3 is 14.3 Å². The average Bonchev–Trinajstić information content (AvgIpc) is 3.22. The predicted octanol–water partition coefficient (Wildman–Crippen LogP) is 2.39. The highest BCUT2D eigenvalue weighted by Crippen LogP contribution is 2.29. The van der Waals surface area contributed by atoms with Crippen LogP contribution >= 0.6 is 0 Å². The molecule has 0 unspecified atom stereocenters. The van der Waals surface area contributed by atoms with Crippen LogP contribution in [0, 0.1) is 12.8 Å². The molecular weight excluding hydrogens is 304 g/mol. The Bertz CT molecular complexity index is 744. The average molecular weight is 328 g/mol. The number of nitrogens with zero attached hydrogens (tertiary/aromatic N) is 3. The predicted molar refractivity (Wildman–Crippen MR) is 89.1 cm³/mol. The molecule has 1 saturated carbocycles. The molecule has 1 aliphatic carbocycles. The quantitative estimate of drug-likeness (QED) is 0.915. The second-order valence-corrected chi connectivity index (χ2v) is 6.91. The summed E-state index contributed by atoms with van der Waals surface area (Å²) in [5.41, 5.74) is 1.10. The number of amides is 1. The Labute approximate surface area is 141 Å². The Hall–Kier alpha value is -2.08. The van der Waals surface area contributed by atoms with Gasteiger partial charge in [0, 0.05) is 19.0 Å². The fourth-order valence-corrected chi connectivity index (χ4v) is 3.40. The number of carbonyl (C=O) groups excluding carboxylic acids is 1. The fourth-order valence-electron chi connectivity index (χ4n) is 3.40. The van der Waals surface area contributed by atoms with Gasteiger partial charge in [0.1, 0.15) is 17.3 Å². The maximum absolute atomic E-state index is 11.8. The van der Waals surface area contributed by atoms with Crippen molar-refractivity contribution in [1.82, 2.24) is 19.8 Å². The summed E-state index contributed by atoms with van der Waals surface area (Å²) < 4.78 is 7.96. The lowest BCUT2D eigenvalue weighted by Crippen LogP contribution is -2.37. The largest absolute Gasteiger partial charge is 0.465 e. The van der Waals surface area contributed by atoms with Crippen LogP contribution in [0.15, 0.2) is 22.7 Å². The number of imidazole rings is 1. The van der Waals surface area contributed by atoms with E-state index in [4.69, 9.17) is 4.42 Å². The lowest BCUT2D eigenvalue weighted by atomic mass is 10.2. The third-order valence-electron chi connectivity index (χ3n) is 5.05. The van der Waals surface area contributed by atoms with Gasteiger partial charge in [-0.1, -0.05) is 0 Å². The molecule has 1 fully saturated rings. The van der Waals surface area contributed by atoms with Crippen molar-refractivity contribution in [2.75, 3.05) is 6.54 Å². The normalized spacial score (nSPS) is 20.8. The maximum Gasteiger partial charge on any atom is 0.223 e. The van der Waals surface area contributed by atoms with E-state index in [1.54, 1.807) is 0 Å². The number of hydrogen-bond donors (Lipinski definition) is 1. The summed E-state index contributed by atoms with van der Waals surface area (Å²) in [7, 11) is 0. The Morgan fingerprint density at radius 1 is 1.38 bits per heavy atom. The van der Waals surface area contributed by atoms with E-state index in [1.165, 1.54) is 0 Å². The molecule has 1 amide bonds. The van der Waals surface area contributed by atoms with E-state index in [2.05, 4.69) is 26.7 Å². The van der Waals surface area contributed by atoms with Crippen molar-refractivity contribution in [2.45, 2.75) is 52.4 Å². The SMILES string of the molecule is Cc1ccc(CN2CCn3c(CNC(=O)C4CC4)cnc3[C@H]2C)o1. The molecule has 1 aliphatic heterocycles. The summed E-state index contributed by atoms with van der Waals surface area (Å²) in [5, 5.41) is 3.04. The molecule has 0 saturated heterocycles. The van der Waals surface area contributed by atoms with E-state index in [-0.39, 0.29) is 17.9 Å². The number of aryl methyl sites for hydroxylation is 1. The van der Waals surface area contributed by atoms with Crippen LogP contribution in [-0.2, 0) is 24.4 Å². The van der Waals surface area contributed by atoms with Gasteiger partial charge in [-0.05, 0) is 38.8 Å². The second kappa shape index (κ2) is 6.09. The Morgan fingerprint density at radius 2 is 2.21 bits per heavy atom. The van der Waals surface area contributed by atoms with Gasteiger partial charge in [0.2, 0.25) is 5.91 Å². The molecule has 3 heterocycles. The third-order valence-corrected chi connectivity index (χ3v) is 5.05. The van der Waals surface area contributed by atoms with Crippen molar-refractivity contribution in [2.24, 2.45) is 5.92 Å². The first kappa shape index (κ1) is 15.4. The van der Waals surface area contributed by atoms with Crippen LogP contribution in [0.4, 0.5) is 0 Å². The van der Waals surface area contributed by atoms with Gasteiger partial charge in [0.15, 0.2) is 0 Å². The summed E-state index contributed by atoms with van der Waals surface area (Å²) in [5.74, 6) is 3.45. The molecule has 0 aromatic carbocycles. The number of nitrogens with one attached hydrogen (secondary N) is 1. The van der Waals surface area contributed by atoms with Gasteiger partial charge in [0.05, 0.1) is 31.0 Å². The minimum atomic E-state index is 0.184. The van der Waals surface area contributed by atoms with Crippen molar-refractivity contribution in [1.29, 1.82) is 0 Å². The van der Waals surface area contributed by atoms with Crippen molar-refractivity contribution in [3.8, 4) is 0 Å². The number of hydrogen-bond acceptors (Lipinski definition) is 4. The maximum atomic E-state index is 11.8. The van der Waals surface area contributed by atoms with Crippen molar-refractivity contribution in [3.05, 3.63) is 41.4 Å². The molecular formula is C18H24N4O2. The molecule has 6 nitrogen and oxygen atoms in total. The smallest absolute Gasteiger partial charge is 0.223 e. The number of rotatable bonds is 5. The van der Waals surface area contributed by atoms with Crippen molar-refractivity contribution < 1.29 is 9.21 Å². The molecule has 2 aromatic heterocycles. The second-order valence-electron chi connectivity index (χ2n) is 6.91. The van der Waals surface area contributed by atoms with E-state index in [0.29, 0.717) is 6.54 Å². The molecule has 1 atom stereocenters. The summed E-state index contributed by atoms with van der Waals surface area (Å²) in [6.45, 7) is 7.38. The van der Waals surface area contributed by atoms with Crippen molar-refractivity contribution >= 4 is 5.91 Å². The third kappa shape index (κ3) is 2.98. The highest BCUT2D eigenvalue weighted by atomic mass is 16.3. The zero-order valence-corrected chi connectivity index (χ0v) is 14.3. The molecule has 0 bridgehead atoms. The monoisotopic (exact) mass is 328 g/mol. The van der Waals surface area contributed by atoms with Gasteiger partial charge in [-0.2, -0.15) is 0 Å². The number of furan rings is 1.